The summed E-state index contributed by atoms with van der Waals surface area (Å²) < 4.78 is 32.4. The summed E-state index contributed by atoms with van der Waals surface area (Å²) in [5, 5.41) is 6.41. The monoisotopic (exact) mass is 380 g/mol. The fraction of sp³-hybridized carbons (Fsp3) is 0.312. The minimum atomic E-state index is -3.88. The molecule has 2 rings (SSSR count). The quantitative estimate of drug-likeness (QED) is 0.678. The molecule has 1 unspecified atom stereocenters. The first kappa shape index (κ1) is 19.6. The molecule has 1 aromatic heterocycles. The lowest BCUT2D eigenvalue weighted by molar-refractivity contribution is -0.151. The van der Waals surface area contributed by atoms with Crippen molar-refractivity contribution in [2.45, 2.75) is 24.8 Å². The predicted molar refractivity (Wildman–Crippen MR) is 93.8 cm³/mol. The van der Waals surface area contributed by atoms with Gasteiger partial charge in [0.05, 0.1) is 6.20 Å². The molecule has 0 bridgehead atoms. The molecule has 0 fully saturated rings. The summed E-state index contributed by atoms with van der Waals surface area (Å²) in [5.41, 5.74) is 1.47. The summed E-state index contributed by atoms with van der Waals surface area (Å²) in [7, 11) is -2.31. The van der Waals surface area contributed by atoms with Gasteiger partial charge >= 0.3 is 5.97 Å². The average molecular weight is 380 g/mol. The molecule has 0 aliphatic rings. The molecular formula is C16H20N4O5S. The zero-order chi connectivity index (χ0) is 19.3. The second kappa shape index (κ2) is 8.11. The maximum absolute atomic E-state index is 12.1. The van der Waals surface area contributed by atoms with Gasteiger partial charge in [-0.05, 0) is 25.5 Å². The van der Waals surface area contributed by atoms with E-state index in [9.17, 15) is 18.0 Å². The minimum Gasteiger partial charge on any atom is -0.452 e. The van der Waals surface area contributed by atoms with E-state index in [0.29, 0.717) is 5.69 Å². The number of nitrogens with one attached hydrogen (secondary N) is 2. The van der Waals surface area contributed by atoms with Crippen LogP contribution in [0.25, 0.3) is 0 Å². The van der Waals surface area contributed by atoms with Crippen molar-refractivity contribution in [3.8, 4) is 0 Å². The van der Waals surface area contributed by atoms with Crippen LogP contribution in [-0.4, -0.2) is 42.7 Å². The third-order valence-electron chi connectivity index (χ3n) is 3.48. The number of rotatable bonds is 7. The molecule has 9 nitrogen and oxygen atoms in total. The molecule has 2 N–H and O–H groups in total. The number of carbonyl (C=O) groups excluding carboxylic acids is 2. The van der Waals surface area contributed by atoms with E-state index in [1.807, 2.05) is 19.1 Å². The maximum atomic E-state index is 12.1. The van der Waals surface area contributed by atoms with Crippen LogP contribution in [0.2, 0.25) is 0 Å². The normalized spacial score (nSPS) is 12.4. The van der Waals surface area contributed by atoms with Crippen LogP contribution < -0.4 is 10.0 Å². The van der Waals surface area contributed by atoms with Gasteiger partial charge in [0.2, 0.25) is 10.0 Å². The van der Waals surface area contributed by atoms with E-state index >= 15 is 0 Å². The van der Waals surface area contributed by atoms with Gasteiger partial charge in [-0.2, -0.15) is 9.82 Å². The number of ether oxygens (including phenoxy) is 1. The molecule has 0 radical (unpaired) electrons. The van der Waals surface area contributed by atoms with E-state index in [1.165, 1.54) is 17.8 Å². The SMILES string of the molecule is Cc1ccccc1NC(=O)C(C)OC(=O)CNS(=O)(=O)c1cnn(C)c1. The highest BCUT2D eigenvalue weighted by molar-refractivity contribution is 7.89. The standard InChI is InChI=1S/C16H20N4O5S/c1-11-6-4-5-7-14(11)19-16(22)12(2)25-15(21)9-18-26(23,24)13-8-17-20(3)10-13/h4-8,10,12,18H,9H2,1-3H3,(H,19,22). The fourth-order valence-corrected chi connectivity index (χ4v) is 2.97. The summed E-state index contributed by atoms with van der Waals surface area (Å²) in [6.07, 6.45) is 1.38. The number of hydrogen-bond acceptors (Lipinski definition) is 6. The molecule has 10 heteroatoms. The fourth-order valence-electron chi connectivity index (χ4n) is 2.01. The zero-order valence-corrected chi connectivity index (χ0v) is 15.4. The van der Waals surface area contributed by atoms with Crippen molar-refractivity contribution in [3.05, 3.63) is 42.2 Å². The van der Waals surface area contributed by atoms with Crippen molar-refractivity contribution < 1.29 is 22.7 Å². The smallest absolute Gasteiger partial charge is 0.321 e. The number of esters is 1. The zero-order valence-electron chi connectivity index (χ0n) is 14.6. The third kappa shape index (κ3) is 5.14. The van der Waals surface area contributed by atoms with E-state index in [0.717, 1.165) is 11.8 Å². The minimum absolute atomic E-state index is 0.0712. The number of benzene rings is 1. The van der Waals surface area contributed by atoms with Crippen LogP contribution in [0.15, 0.2) is 41.6 Å². The predicted octanol–water partition coefficient (Wildman–Crippen LogP) is 0.577. The molecule has 140 valence electrons. The number of para-hydroxylation sites is 1. The van der Waals surface area contributed by atoms with Crippen molar-refractivity contribution >= 4 is 27.6 Å². The number of anilines is 1. The van der Waals surface area contributed by atoms with Gasteiger partial charge < -0.3 is 10.1 Å². The van der Waals surface area contributed by atoms with Gasteiger partial charge in [0, 0.05) is 18.9 Å². The largest absolute Gasteiger partial charge is 0.452 e. The van der Waals surface area contributed by atoms with E-state index in [4.69, 9.17) is 4.74 Å². The van der Waals surface area contributed by atoms with Crippen molar-refractivity contribution in [2.24, 2.45) is 7.05 Å². The lowest BCUT2D eigenvalue weighted by Gasteiger charge is -2.14. The highest BCUT2D eigenvalue weighted by Gasteiger charge is 2.21. The van der Waals surface area contributed by atoms with Crippen molar-refractivity contribution in [2.75, 3.05) is 11.9 Å². The van der Waals surface area contributed by atoms with Gasteiger partial charge in [0.1, 0.15) is 11.4 Å². The number of aryl methyl sites for hydroxylation is 2. The Morgan fingerprint density at radius 2 is 2.00 bits per heavy atom. The van der Waals surface area contributed by atoms with Crippen LogP contribution in [0.5, 0.6) is 0 Å². The first-order chi connectivity index (χ1) is 12.2. The summed E-state index contributed by atoms with van der Waals surface area (Å²) in [6, 6.07) is 7.17. The van der Waals surface area contributed by atoms with Gasteiger partial charge in [-0.15, -0.1) is 0 Å². The van der Waals surface area contributed by atoms with Gasteiger partial charge in [-0.1, -0.05) is 18.2 Å². The van der Waals surface area contributed by atoms with E-state index in [1.54, 1.807) is 19.2 Å². The first-order valence-electron chi connectivity index (χ1n) is 7.73. The van der Waals surface area contributed by atoms with Gasteiger partial charge in [-0.3, -0.25) is 14.3 Å². The van der Waals surface area contributed by atoms with Crippen LogP contribution in [0, 0.1) is 6.92 Å². The van der Waals surface area contributed by atoms with Crippen LogP contribution in [0.1, 0.15) is 12.5 Å². The van der Waals surface area contributed by atoms with Gasteiger partial charge in [0.25, 0.3) is 5.91 Å². The Bertz CT molecular complexity index is 907. The highest BCUT2D eigenvalue weighted by atomic mass is 32.2. The Balaban J connectivity index is 1.87. The number of carbonyl (C=O) groups is 2. The third-order valence-corrected chi connectivity index (χ3v) is 4.83. The molecular weight excluding hydrogens is 360 g/mol. The van der Waals surface area contributed by atoms with Gasteiger partial charge in [0.15, 0.2) is 6.10 Å². The molecule has 0 aliphatic heterocycles. The highest BCUT2D eigenvalue weighted by Crippen LogP contribution is 2.13. The molecule has 1 aromatic carbocycles. The molecule has 1 amide bonds. The Kier molecular flexibility index (Phi) is 6.11. The van der Waals surface area contributed by atoms with Crippen LogP contribution in [0.3, 0.4) is 0 Å². The maximum Gasteiger partial charge on any atom is 0.321 e. The first-order valence-corrected chi connectivity index (χ1v) is 9.21. The molecule has 1 heterocycles. The van der Waals surface area contributed by atoms with E-state index in [-0.39, 0.29) is 4.90 Å². The lowest BCUT2D eigenvalue weighted by Crippen LogP contribution is -2.35. The number of nitrogens with zero attached hydrogens (tertiary/aromatic N) is 2. The molecule has 1 atom stereocenters. The molecule has 0 saturated carbocycles. The number of aromatic nitrogens is 2. The van der Waals surface area contributed by atoms with E-state index < -0.39 is 34.5 Å². The summed E-state index contributed by atoms with van der Waals surface area (Å²) in [5.74, 6) is -1.38. The second-order valence-electron chi connectivity index (χ2n) is 5.61. The second-order valence-corrected chi connectivity index (χ2v) is 7.38. The Labute approximate surface area is 151 Å². The summed E-state index contributed by atoms with van der Waals surface area (Å²) in [4.78, 5) is 23.8. The van der Waals surface area contributed by atoms with Crippen LogP contribution in [0.4, 0.5) is 5.69 Å². The molecule has 0 saturated heterocycles. The van der Waals surface area contributed by atoms with Crippen molar-refractivity contribution in [3.63, 3.8) is 0 Å². The molecule has 0 spiro atoms. The number of hydrogen-bond donors (Lipinski definition) is 2. The molecule has 0 aliphatic carbocycles. The Hall–Kier alpha value is -2.72. The van der Waals surface area contributed by atoms with Crippen LogP contribution >= 0.6 is 0 Å². The molecule has 2 aromatic rings. The van der Waals surface area contributed by atoms with Crippen molar-refractivity contribution in [1.29, 1.82) is 0 Å². The average Bonchev–Trinajstić information content (AvgIpc) is 3.02. The summed E-state index contributed by atoms with van der Waals surface area (Å²) in [6.45, 7) is 2.64. The van der Waals surface area contributed by atoms with E-state index in [2.05, 4.69) is 15.1 Å². The Morgan fingerprint density at radius 3 is 2.62 bits per heavy atom. The Morgan fingerprint density at radius 1 is 1.31 bits per heavy atom. The summed E-state index contributed by atoms with van der Waals surface area (Å²) >= 11 is 0. The number of sulfonamides is 1. The number of amides is 1. The van der Waals surface area contributed by atoms with Gasteiger partial charge in [-0.25, -0.2) is 8.42 Å². The topological polar surface area (TPSA) is 119 Å². The lowest BCUT2D eigenvalue weighted by atomic mass is 10.2. The van der Waals surface area contributed by atoms with Crippen LogP contribution in [-0.2, 0) is 31.4 Å². The van der Waals surface area contributed by atoms with Crippen molar-refractivity contribution in [1.82, 2.24) is 14.5 Å². The molecule has 26 heavy (non-hydrogen) atoms.